The number of methoxy groups -OCH3 is 1. The predicted molar refractivity (Wildman–Crippen MR) is 65.9 cm³/mol. The molecule has 1 aromatic rings. The summed E-state index contributed by atoms with van der Waals surface area (Å²) >= 11 is 0. The number of rotatable bonds is 6. The summed E-state index contributed by atoms with van der Waals surface area (Å²) in [5, 5.41) is 9.89. The Hall–Kier alpha value is -1.06. The number of hydrogen-bond acceptors (Lipinski definition) is 3. The number of nitrogens with zero attached hydrogens (tertiary/aromatic N) is 1. The van der Waals surface area contributed by atoms with Crippen molar-refractivity contribution in [3.63, 3.8) is 0 Å². The molecule has 3 nitrogen and oxygen atoms in total. The van der Waals surface area contributed by atoms with Crippen LogP contribution in [0.3, 0.4) is 0 Å². The topological polar surface area (TPSA) is 32.7 Å². The first kappa shape index (κ1) is 13.0. The van der Waals surface area contributed by atoms with Crippen molar-refractivity contribution in [1.82, 2.24) is 4.90 Å². The van der Waals surface area contributed by atoms with E-state index >= 15 is 0 Å². The molecule has 0 aliphatic rings. The van der Waals surface area contributed by atoms with Crippen LogP contribution in [0.1, 0.15) is 12.0 Å². The van der Waals surface area contributed by atoms with E-state index in [1.807, 2.05) is 38.4 Å². The summed E-state index contributed by atoms with van der Waals surface area (Å²) in [5.41, 5.74) is 1.07. The number of benzene rings is 1. The molecule has 16 heavy (non-hydrogen) atoms. The normalized spacial score (nSPS) is 12.8. The van der Waals surface area contributed by atoms with Crippen LogP contribution in [-0.2, 0) is 6.42 Å². The van der Waals surface area contributed by atoms with Gasteiger partial charge >= 0.3 is 0 Å². The molecular weight excluding hydrogens is 202 g/mol. The maximum Gasteiger partial charge on any atom is 0.122 e. The first-order valence-electron chi connectivity index (χ1n) is 5.58. The van der Waals surface area contributed by atoms with Crippen LogP contribution < -0.4 is 4.74 Å². The van der Waals surface area contributed by atoms with Crippen LogP contribution in [0.2, 0.25) is 0 Å². The van der Waals surface area contributed by atoms with E-state index in [1.165, 1.54) is 0 Å². The lowest BCUT2D eigenvalue weighted by molar-refractivity contribution is 0.151. The van der Waals surface area contributed by atoms with Gasteiger partial charge in [0.1, 0.15) is 5.75 Å². The molecule has 1 atom stereocenters. The second kappa shape index (κ2) is 6.51. The Morgan fingerprint density at radius 1 is 1.31 bits per heavy atom. The average molecular weight is 223 g/mol. The molecular formula is C13H21NO2. The Balaban J connectivity index is 2.51. The quantitative estimate of drug-likeness (QED) is 0.794. The zero-order valence-electron chi connectivity index (χ0n) is 10.3. The second-order valence-electron chi connectivity index (χ2n) is 4.26. The van der Waals surface area contributed by atoms with E-state index in [4.69, 9.17) is 4.74 Å². The fourth-order valence-corrected chi connectivity index (χ4v) is 1.63. The van der Waals surface area contributed by atoms with E-state index in [0.717, 1.165) is 24.3 Å². The lowest BCUT2D eigenvalue weighted by Gasteiger charge is -2.15. The first-order chi connectivity index (χ1) is 7.63. The number of ether oxygens (including phenoxy) is 1. The van der Waals surface area contributed by atoms with Crippen LogP contribution >= 0.6 is 0 Å². The average Bonchev–Trinajstić information content (AvgIpc) is 2.27. The molecule has 0 amide bonds. The molecule has 0 spiro atoms. The number of para-hydroxylation sites is 1. The predicted octanol–water partition coefficient (Wildman–Crippen LogP) is 1.55. The van der Waals surface area contributed by atoms with Crippen molar-refractivity contribution < 1.29 is 9.84 Å². The van der Waals surface area contributed by atoms with Gasteiger partial charge in [-0.3, -0.25) is 0 Å². The molecule has 3 heteroatoms. The van der Waals surface area contributed by atoms with Crippen molar-refractivity contribution >= 4 is 0 Å². The summed E-state index contributed by atoms with van der Waals surface area (Å²) < 4.78 is 5.25. The monoisotopic (exact) mass is 223 g/mol. The van der Waals surface area contributed by atoms with Gasteiger partial charge in [-0.15, -0.1) is 0 Å². The molecule has 0 aliphatic heterocycles. The third kappa shape index (κ3) is 4.21. The highest BCUT2D eigenvalue weighted by Crippen LogP contribution is 2.19. The summed E-state index contributed by atoms with van der Waals surface area (Å²) in [4.78, 5) is 2.07. The second-order valence-corrected chi connectivity index (χ2v) is 4.26. The number of hydrogen-bond donors (Lipinski definition) is 1. The standard InChI is InChI=1S/C13H21NO2/c1-14(2)9-8-12(15)10-11-6-4-5-7-13(11)16-3/h4-7,12,15H,8-10H2,1-3H3. The molecule has 0 aliphatic carbocycles. The van der Waals surface area contributed by atoms with Crippen LogP contribution in [0, 0.1) is 0 Å². The molecule has 1 aromatic carbocycles. The summed E-state index contributed by atoms with van der Waals surface area (Å²) in [5.74, 6) is 0.853. The van der Waals surface area contributed by atoms with Crippen LogP contribution in [0.4, 0.5) is 0 Å². The third-order valence-electron chi connectivity index (χ3n) is 2.56. The maximum absolute atomic E-state index is 9.89. The Bertz CT molecular complexity index is 313. The SMILES string of the molecule is COc1ccccc1CC(O)CCN(C)C. The van der Waals surface area contributed by atoms with Crippen molar-refractivity contribution in [2.24, 2.45) is 0 Å². The van der Waals surface area contributed by atoms with Crippen molar-refractivity contribution in [1.29, 1.82) is 0 Å². The number of aliphatic hydroxyl groups is 1. The van der Waals surface area contributed by atoms with E-state index in [9.17, 15) is 5.11 Å². The molecule has 1 N–H and O–H groups in total. The van der Waals surface area contributed by atoms with Crippen LogP contribution in [-0.4, -0.2) is 43.9 Å². The highest BCUT2D eigenvalue weighted by molar-refractivity contribution is 5.33. The fourth-order valence-electron chi connectivity index (χ4n) is 1.63. The van der Waals surface area contributed by atoms with Gasteiger partial charge in [0.2, 0.25) is 0 Å². The van der Waals surface area contributed by atoms with Gasteiger partial charge in [-0.05, 0) is 38.7 Å². The van der Waals surface area contributed by atoms with Crippen LogP contribution in [0.15, 0.2) is 24.3 Å². The fraction of sp³-hybridized carbons (Fsp3) is 0.538. The van der Waals surface area contributed by atoms with Gasteiger partial charge in [0.05, 0.1) is 13.2 Å². The summed E-state index contributed by atoms with van der Waals surface area (Å²) in [6.45, 7) is 0.899. The molecule has 1 unspecified atom stereocenters. The lowest BCUT2D eigenvalue weighted by atomic mass is 10.0. The van der Waals surface area contributed by atoms with Gasteiger partial charge < -0.3 is 14.7 Å². The molecule has 0 heterocycles. The Labute approximate surface area is 97.7 Å². The Morgan fingerprint density at radius 2 is 2.00 bits per heavy atom. The van der Waals surface area contributed by atoms with E-state index in [2.05, 4.69) is 4.90 Å². The van der Waals surface area contributed by atoms with Gasteiger partial charge in [-0.2, -0.15) is 0 Å². The van der Waals surface area contributed by atoms with Crippen molar-refractivity contribution in [3.05, 3.63) is 29.8 Å². The lowest BCUT2D eigenvalue weighted by Crippen LogP contribution is -2.21. The minimum absolute atomic E-state index is 0.307. The zero-order valence-corrected chi connectivity index (χ0v) is 10.3. The van der Waals surface area contributed by atoms with E-state index in [1.54, 1.807) is 7.11 Å². The van der Waals surface area contributed by atoms with Crippen LogP contribution in [0.5, 0.6) is 5.75 Å². The molecule has 0 saturated heterocycles. The molecule has 0 fully saturated rings. The molecule has 1 rings (SSSR count). The van der Waals surface area contributed by atoms with E-state index in [-0.39, 0.29) is 6.10 Å². The summed E-state index contributed by atoms with van der Waals surface area (Å²) in [6, 6.07) is 7.83. The maximum atomic E-state index is 9.89. The third-order valence-corrected chi connectivity index (χ3v) is 2.56. The summed E-state index contributed by atoms with van der Waals surface area (Å²) in [7, 11) is 5.68. The molecule has 0 saturated carbocycles. The van der Waals surface area contributed by atoms with Crippen molar-refractivity contribution in [2.45, 2.75) is 18.9 Å². The van der Waals surface area contributed by atoms with Crippen molar-refractivity contribution in [3.8, 4) is 5.75 Å². The van der Waals surface area contributed by atoms with Crippen LogP contribution in [0.25, 0.3) is 0 Å². The van der Waals surface area contributed by atoms with Crippen molar-refractivity contribution in [2.75, 3.05) is 27.7 Å². The van der Waals surface area contributed by atoms with Gasteiger partial charge in [0, 0.05) is 6.42 Å². The molecule has 90 valence electrons. The number of aliphatic hydroxyl groups excluding tert-OH is 1. The molecule has 0 bridgehead atoms. The zero-order chi connectivity index (χ0) is 12.0. The largest absolute Gasteiger partial charge is 0.496 e. The highest BCUT2D eigenvalue weighted by Gasteiger charge is 2.09. The van der Waals surface area contributed by atoms with Gasteiger partial charge in [0.15, 0.2) is 0 Å². The molecule has 0 radical (unpaired) electrons. The highest BCUT2D eigenvalue weighted by atomic mass is 16.5. The Kier molecular flexibility index (Phi) is 5.29. The first-order valence-corrected chi connectivity index (χ1v) is 5.58. The minimum atomic E-state index is -0.307. The van der Waals surface area contributed by atoms with Gasteiger partial charge in [-0.1, -0.05) is 18.2 Å². The Morgan fingerprint density at radius 3 is 2.62 bits per heavy atom. The smallest absolute Gasteiger partial charge is 0.122 e. The van der Waals surface area contributed by atoms with E-state index < -0.39 is 0 Å². The minimum Gasteiger partial charge on any atom is -0.496 e. The van der Waals surface area contributed by atoms with Gasteiger partial charge in [-0.25, -0.2) is 0 Å². The summed E-state index contributed by atoms with van der Waals surface area (Å²) in [6.07, 6.45) is 1.13. The van der Waals surface area contributed by atoms with Gasteiger partial charge in [0.25, 0.3) is 0 Å². The molecule has 0 aromatic heterocycles. The van der Waals surface area contributed by atoms with E-state index in [0.29, 0.717) is 6.42 Å².